The van der Waals surface area contributed by atoms with Crippen LogP contribution in [0.4, 0.5) is 0 Å². The highest BCUT2D eigenvalue weighted by Crippen LogP contribution is 2.27. The minimum Gasteiger partial charge on any atom is -0.253 e. The minimum atomic E-state index is 0.700. The van der Waals surface area contributed by atoms with Crippen molar-refractivity contribution in [3.8, 4) is 0 Å². The van der Waals surface area contributed by atoms with E-state index in [-0.39, 0.29) is 0 Å². The molecule has 0 fully saturated rings. The Morgan fingerprint density at radius 1 is 1.31 bits per heavy atom. The van der Waals surface area contributed by atoms with Gasteiger partial charge >= 0.3 is 0 Å². The van der Waals surface area contributed by atoms with Crippen molar-refractivity contribution in [1.29, 1.82) is 0 Å². The molecule has 66 valence electrons. The van der Waals surface area contributed by atoms with E-state index in [4.69, 9.17) is 11.6 Å². The maximum atomic E-state index is 5.95. The smallest absolute Gasteiger partial charge is 0.0720 e. The number of hydrogen-bond donors (Lipinski definition) is 0. The second-order valence-electron chi connectivity index (χ2n) is 2.91. The monoisotopic (exact) mass is 255 g/mol. The predicted molar refractivity (Wildman–Crippen MR) is 59.2 cm³/mol. The van der Waals surface area contributed by atoms with E-state index >= 15 is 0 Å². The lowest BCUT2D eigenvalue weighted by molar-refractivity contribution is 1.25. The van der Waals surface area contributed by atoms with Crippen molar-refractivity contribution in [1.82, 2.24) is 4.98 Å². The summed E-state index contributed by atoms with van der Waals surface area (Å²) >= 11 is 9.33. The number of halogens is 2. The molecule has 0 aliphatic rings. The van der Waals surface area contributed by atoms with Crippen LogP contribution in [-0.4, -0.2) is 4.98 Å². The molecule has 0 saturated carbocycles. The Kier molecular flexibility index (Phi) is 2.26. The number of nitrogens with zero attached hydrogens (tertiary/aromatic N) is 1. The van der Waals surface area contributed by atoms with Crippen molar-refractivity contribution in [3.05, 3.63) is 39.5 Å². The number of aryl methyl sites for hydroxylation is 1. The third-order valence-electron chi connectivity index (χ3n) is 1.87. The van der Waals surface area contributed by atoms with Gasteiger partial charge in [0.15, 0.2) is 0 Å². The molecule has 0 aliphatic heterocycles. The Morgan fingerprint density at radius 2 is 2.08 bits per heavy atom. The second-order valence-corrected chi connectivity index (χ2v) is 4.17. The molecule has 0 aliphatic carbocycles. The highest BCUT2D eigenvalue weighted by Gasteiger charge is 2.01. The topological polar surface area (TPSA) is 12.9 Å². The van der Waals surface area contributed by atoms with Crippen LogP contribution in [0.3, 0.4) is 0 Å². The molecule has 0 atom stereocenters. The molecule has 2 aromatic rings. The largest absolute Gasteiger partial charge is 0.253 e. The number of pyridine rings is 1. The quantitative estimate of drug-likeness (QED) is 0.695. The molecular formula is C10H7BrClN. The van der Waals surface area contributed by atoms with E-state index in [2.05, 4.69) is 20.9 Å². The van der Waals surface area contributed by atoms with Crippen molar-refractivity contribution >= 4 is 38.4 Å². The lowest BCUT2D eigenvalue weighted by Crippen LogP contribution is -1.83. The number of rotatable bonds is 0. The molecule has 0 unspecified atom stereocenters. The zero-order valence-corrected chi connectivity index (χ0v) is 9.35. The van der Waals surface area contributed by atoms with Gasteiger partial charge < -0.3 is 0 Å². The van der Waals surface area contributed by atoms with Crippen LogP contribution in [0.15, 0.2) is 28.7 Å². The van der Waals surface area contributed by atoms with Crippen LogP contribution in [0, 0.1) is 6.92 Å². The molecule has 0 saturated heterocycles. The Balaban J connectivity index is 2.81. The molecule has 1 aromatic carbocycles. The van der Waals surface area contributed by atoms with Gasteiger partial charge in [-0.05, 0) is 41.1 Å². The molecule has 1 heterocycles. The van der Waals surface area contributed by atoms with E-state index in [1.807, 2.05) is 31.2 Å². The van der Waals surface area contributed by atoms with Gasteiger partial charge in [-0.1, -0.05) is 17.7 Å². The van der Waals surface area contributed by atoms with Crippen molar-refractivity contribution in [3.63, 3.8) is 0 Å². The maximum Gasteiger partial charge on any atom is 0.0720 e. The summed E-state index contributed by atoms with van der Waals surface area (Å²) < 4.78 is 0.910. The first kappa shape index (κ1) is 8.97. The zero-order valence-electron chi connectivity index (χ0n) is 7.01. The van der Waals surface area contributed by atoms with Gasteiger partial charge in [-0.2, -0.15) is 0 Å². The average Bonchev–Trinajstić information content (AvgIpc) is 2.08. The van der Waals surface area contributed by atoms with Crippen LogP contribution in [0.1, 0.15) is 5.69 Å². The first-order chi connectivity index (χ1) is 6.16. The first-order valence-corrected chi connectivity index (χ1v) is 5.06. The van der Waals surface area contributed by atoms with Crippen LogP contribution in [0.2, 0.25) is 5.02 Å². The molecule has 0 radical (unpaired) electrons. The molecule has 1 aromatic heterocycles. The highest BCUT2D eigenvalue weighted by molar-refractivity contribution is 9.10. The molecule has 0 spiro atoms. The Labute approximate surface area is 89.9 Å². The average molecular weight is 257 g/mol. The minimum absolute atomic E-state index is 0.700. The SMILES string of the molecule is Cc1ccc2cc(Br)c(Cl)cc2n1. The Bertz CT molecular complexity index is 468. The van der Waals surface area contributed by atoms with E-state index in [1.54, 1.807) is 0 Å². The van der Waals surface area contributed by atoms with Crippen molar-refractivity contribution in [2.45, 2.75) is 6.92 Å². The molecule has 0 N–H and O–H groups in total. The molecule has 3 heteroatoms. The lowest BCUT2D eigenvalue weighted by atomic mass is 10.2. The third-order valence-corrected chi connectivity index (χ3v) is 3.07. The van der Waals surface area contributed by atoms with Gasteiger partial charge in [0.05, 0.1) is 10.5 Å². The van der Waals surface area contributed by atoms with Gasteiger partial charge in [0.2, 0.25) is 0 Å². The van der Waals surface area contributed by atoms with Gasteiger partial charge in [0.25, 0.3) is 0 Å². The van der Waals surface area contributed by atoms with Gasteiger partial charge in [0.1, 0.15) is 0 Å². The van der Waals surface area contributed by atoms with Crippen molar-refractivity contribution in [2.75, 3.05) is 0 Å². The summed E-state index contributed by atoms with van der Waals surface area (Å²) in [5, 5.41) is 1.80. The van der Waals surface area contributed by atoms with Crippen molar-refractivity contribution < 1.29 is 0 Å². The third kappa shape index (κ3) is 1.69. The summed E-state index contributed by atoms with van der Waals surface area (Å²) in [5.41, 5.74) is 1.94. The van der Waals surface area contributed by atoms with Crippen LogP contribution in [-0.2, 0) is 0 Å². The van der Waals surface area contributed by atoms with Gasteiger partial charge in [0, 0.05) is 15.6 Å². The van der Waals surface area contributed by atoms with E-state index in [1.165, 1.54) is 0 Å². The summed E-state index contributed by atoms with van der Waals surface area (Å²) in [7, 11) is 0. The standard InChI is InChI=1S/C10H7BrClN/c1-6-2-3-7-4-8(11)9(12)5-10(7)13-6/h2-5H,1H3. The second kappa shape index (κ2) is 3.28. The molecule has 1 nitrogen and oxygen atoms in total. The van der Waals surface area contributed by atoms with E-state index < -0.39 is 0 Å². The molecule has 2 rings (SSSR count). The Morgan fingerprint density at radius 3 is 2.85 bits per heavy atom. The Hall–Kier alpha value is -0.600. The molecule has 0 bridgehead atoms. The number of benzene rings is 1. The highest BCUT2D eigenvalue weighted by atomic mass is 79.9. The molecular weight excluding hydrogens is 249 g/mol. The lowest BCUT2D eigenvalue weighted by Gasteiger charge is -2.01. The van der Waals surface area contributed by atoms with Gasteiger partial charge in [-0.25, -0.2) is 0 Å². The predicted octanol–water partition coefficient (Wildman–Crippen LogP) is 3.96. The van der Waals surface area contributed by atoms with Crippen LogP contribution >= 0.6 is 27.5 Å². The fourth-order valence-electron chi connectivity index (χ4n) is 1.22. The van der Waals surface area contributed by atoms with E-state index in [0.29, 0.717) is 5.02 Å². The number of hydrogen-bond acceptors (Lipinski definition) is 1. The van der Waals surface area contributed by atoms with Crippen LogP contribution < -0.4 is 0 Å². The molecule has 13 heavy (non-hydrogen) atoms. The number of aromatic nitrogens is 1. The fraction of sp³-hybridized carbons (Fsp3) is 0.100. The summed E-state index contributed by atoms with van der Waals surface area (Å²) in [5.74, 6) is 0. The summed E-state index contributed by atoms with van der Waals surface area (Å²) in [6, 6.07) is 7.87. The van der Waals surface area contributed by atoms with E-state index in [0.717, 1.165) is 21.1 Å². The van der Waals surface area contributed by atoms with Gasteiger partial charge in [-0.3, -0.25) is 4.98 Å². The number of fused-ring (bicyclic) bond motifs is 1. The van der Waals surface area contributed by atoms with Crippen molar-refractivity contribution in [2.24, 2.45) is 0 Å². The maximum absolute atomic E-state index is 5.95. The molecule has 0 amide bonds. The van der Waals surface area contributed by atoms with Crippen LogP contribution in [0.25, 0.3) is 10.9 Å². The van der Waals surface area contributed by atoms with Gasteiger partial charge in [-0.15, -0.1) is 0 Å². The summed E-state index contributed by atoms with van der Waals surface area (Å²) in [6.07, 6.45) is 0. The summed E-state index contributed by atoms with van der Waals surface area (Å²) in [4.78, 5) is 4.37. The normalized spacial score (nSPS) is 10.7. The zero-order chi connectivity index (χ0) is 9.42. The first-order valence-electron chi connectivity index (χ1n) is 3.89. The van der Waals surface area contributed by atoms with Crippen LogP contribution in [0.5, 0.6) is 0 Å². The fourth-order valence-corrected chi connectivity index (χ4v) is 1.74. The summed E-state index contributed by atoms with van der Waals surface area (Å²) in [6.45, 7) is 1.97. The van der Waals surface area contributed by atoms with E-state index in [9.17, 15) is 0 Å².